The van der Waals surface area contributed by atoms with Crippen LogP contribution in [0.1, 0.15) is 116 Å². The highest BCUT2D eigenvalue weighted by atomic mass is 19.1. The molecule has 8 heteroatoms. The van der Waals surface area contributed by atoms with E-state index in [0.29, 0.717) is 23.9 Å². The zero-order valence-corrected chi connectivity index (χ0v) is 22.3. The van der Waals surface area contributed by atoms with Crippen molar-refractivity contribution >= 4 is 17.6 Å². The van der Waals surface area contributed by atoms with E-state index in [2.05, 4.69) is 10.5 Å². The molecule has 2 N–H and O–H groups in total. The average molecular weight is 537 g/mol. The smallest absolute Gasteiger partial charge is 0.335 e. The maximum atomic E-state index is 14.4. The highest BCUT2D eigenvalue weighted by molar-refractivity contribution is 5.94. The summed E-state index contributed by atoms with van der Waals surface area (Å²) in [7, 11) is 0. The van der Waals surface area contributed by atoms with Gasteiger partial charge in [0.15, 0.2) is 0 Å². The number of rotatable bonds is 8. The highest BCUT2D eigenvalue weighted by Gasteiger charge is 2.48. The van der Waals surface area contributed by atoms with Gasteiger partial charge < -0.3 is 19.7 Å². The Kier molecular flexibility index (Phi) is 6.29. The molecule has 1 spiro atoms. The molecule has 1 aromatic heterocycles. The van der Waals surface area contributed by atoms with Crippen LogP contribution < -0.4 is 5.32 Å². The summed E-state index contributed by atoms with van der Waals surface area (Å²) in [6, 6.07) is 3.59. The lowest BCUT2D eigenvalue weighted by Crippen LogP contribution is -2.38. The van der Waals surface area contributed by atoms with Gasteiger partial charge in [0.05, 0.1) is 29.7 Å². The van der Waals surface area contributed by atoms with Crippen LogP contribution in [-0.2, 0) is 16.1 Å². The van der Waals surface area contributed by atoms with Crippen molar-refractivity contribution in [2.45, 2.75) is 102 Å². The average Bonchev–Trinajstić information content (AvgIpc) is 3.85. The monoisotopic (exact) mass is 536 g/mol. The third-order valence-electron chi connectivity index (χ3n) is 10.5. The van der Waals surface area contributed by atoms with Crippen LogP contribution in [-0.4, -0.2) is 28.2 Å². The molecule has 7 nitrogen and oxygen atoms in total. The summed E-state index contributed by atoms with van der Waals surface area (Å²) in [4.78, 5) is 24.3. The molecule has 39 heavy (non-hydrogen) atoms. The highest BCUT2D eigenvalue weighted by Crippen LogP contribution is 2.59. The number of carbonyl (C=O) groups excluding carboxylic acids is 1. The van der Waals surface area contributed by atoms with Crippen molar-refractivity contribution < 1.29 is 28.3 Å². The first-order chi connectivity index (χ1) is 18.9. The molecule has 5 fully saturated rings. The quantitative estimate of drug-likeness (QED) is 0.385. The first-order valence-electron chi connectivity index (χ1n) is 14.8. The van der Waals surface area contributed by atoms with Gasteiger partial charge in [0, 0.05) is 23.3 Å². The maximum absolute atomic E-state index is 14.4. The van der Waals surface area contributed by atoms with Crippen molar-refractivity contribution in [3.8, 4) is 0 Å². The number of carboxylic acid groups (broad SMARTS) is 1. The standard InChI is InChI=1S/C31H37FN2O5/c32-24-15-21(30(36)37)5-6-25(24)33-29(35)26-19-3-4-20(26)14-22(13-19)38-16-23-27(34-39-28(23)18-1-2-18)17-7-9-31(10-8-17)11-12-31/h5-6,15,17-20,22,26H,1-4,7-14,16H2,(H,33,35)(H,36,37). The molecule has 2 unspecified atom stereocenters. The van der Waals surface area contributed by atoms with E-state index in [1.807, 2.05) is 0 Å². The molecule has 0 aliphatic heterocycles. The number of hydrogen-bond acceptors (Lipinski definition) is 5. The van der Waals surface area contributed by atoms with Crippen LogP contribution in [0.15, 0.2) is 22.7 Å². The largest absolute Gasteiger partial charge is 0.478 e. The van der Waals surface area contributed by atoms with E-state index < -0.39 is 11.8 Å². The number of amides is 1. The summed E-state index contributed by atoms with van der Waals surface area (Å²) in [5.41, 5.74) is 2.87. The van der Waals surface area contributed by atoms with E-state index >= 15 is 0 Å². The molecule has 0 saturated heterocycles. The number of hydrogen-bond donors (Lipinski definition) is 2. The van der Waals surface area contributed by atoms with Crippen LogP contribution in [0.25, 0.3) is 0 Å². The summed E-state index contributed by atoms with van der Waals surface area (Å²) in [6.07, 6.45) is 13.8. The molecule has 5 saturated carbocycles. The zero-order chi connectivity index (χ0) is 26.7. The van der Waals surface area contributed by atoms with Crippen LogP contribution >= 0.6 is 0 Å². The Morgan fingerprint density at radius 3 is 2.36 bits per heavy atom. The lowest BCUT2D eigenvalue weighted by Gasteiger charge is -2.34. The number of fused-ring (bicyclic) bond motifs is 2. The Morgan fingerprint density at radius 2 is 1.74 bits per heavy atom. The third-order valence-corrected chi connectivity index (χ3v) is 10.5. The van der Waals surface area contributed by atoms with Crippen molar-refractivity contribution in [2.24, 2.45) is 23.2 Å². The first-order valence-corrected chi connectivity index (χ1v) is 14.8. The van der Waals surface area contributed by atoms with Gasteiger partial charge >= 0.3 is 5.97 Å². The van der Waals surface area contributed by atoms with Gasteiger partial charge in [-0.25, -0.2) is 9.18 Å². The Bertz CT molecular complexity index is 1260. The van der Waals surface area contributed by atoms with Crippen molar-refractivity contribution in [3.63, 3.8) is 0 Å². The number of carboxylic acids is 1. The van der Waals surface area contributed by atoms with Crippen LogP contribution in [0.2, 0.25) is 0 Å². The van der Waals surface area contributed by atoms with E-state index in [9.17, 15) is 14.0 Å². The maximum Gasteiger partial charge on any atom is 0.335 e. The Hall–Kier alpha value is -2.74. The molecular formula is C31H37FN2O5. The van der Waals surface area contributed by atoms with Crippen molar-refractivity contribution in [1.29, 1.82) is 0 Å². The molecule has 2 atom stereocenters. The number of ether oxygens (including phenoxy) is 1. The van der Waals surface area contributed by atoms with Crippen LogP contribution in [0.3, 0.4) is 0 Å². The molecule has 2 aromatic rings. The first kappa shape index (κ1) is 25.2. The molecule has 1 heterocycles. The molecule has 2 bridgehead atoms. The van der Waals surface area contributed by atoms with Gasteiger partial charge in [0.2, 0.25) is 5.91 Å². The molecule has 1 amide bonds. The summed E-state index contributed by atoms with van der Waals surface area (Å²) in [5, 5.41) is 16.4. The topological polar surface area (TPSA) is 102 Å². The van der Waals surface area contributed by atoms with Gasteiger partial charge in [-0.2, -0.15) is 0 Å². The number of halogens is 1. The summed E-state index contributed by atoms with van der Waals surface area (Å²) in [6.45, 7) is 0.536. The SMILES string of the molecule is O=C(O)c1ccc(NC(=O)C2C3CCC2CC(OCc2c(C4CCC5(CC4)CC5)noc2C2CC2)C3)c(F)c1. The van der Waals surface area contributed by atoms with Crippen molar-refractivity contribution in [2.75, 3.05) is 5.32 Å². The minimum absolute atomic E-state index is 0.0330. The van der Waals surface area contributed by atoms with Gasteiger partial charge in [0.1, 0.15) is 11.6 Å². The number of nitrogens with zero attached hydrogens (tertiary/aromatic N) is 1. The molecule has 1 aromatic carbocycles. The lowest BCUT2D eigenvalue weighted by atomic mass is 9.76. The predicted molar refractivity (Wildman–Crippen MR) is 141 cm³/mol. The molecule has 0 radical (unpaired) electrons. The minimum Gasteiger partial charge on any atom is -0.478 e. The fraction of sp³-hybridized carbons (Fsp3) is 0.645. The van der Waals surface area contributed by atoms with E-state index in [1.165, 1.54) is 69.1 Å². The third kappa shape index (κ3) is 4.90. The van der Waals surface area contributed by atoms with Crippen LogP contribution in [0, 0.1) is 29.0 Å². The van der Waals surface area contributed by atoms with Gasteiger partial charge in [-0.05, 0) is 112 Å². The van der Waals surface area contributed by atoms with Crippen LogP contribution in [0.4, 0.5) is 10.1 Å². The van der Waals surface area contributed by atoms with Gasteiger partial charge in [-0.3, -0.25) is 4.79 Å². The van der Waals surface area contributed by atoms with Crippen LogP contribution in [0.5, 0.6) is 0 Å². The molecule has 5 aliphatic rings. The van der Waals surface area contributed by atoms with Gasteiger partial charge in [-0.15, -0.1) is 0 Å². The van der Waals surface area contributed by atoms with E-state index in [-0.39, 0.29) is 41.0 Å². The molecule has 5 aliphatic carbocycles. The summed E-state index contributed by atoms with van der Waals surface area (Å²) in [5.74, 6) is 0.143. The number of benzene rings is 1. The second-order valence-corrected chi connectivity index (χ2v) is 13.0. The predicted octanol–water partition coefficient (Wildman–Crippen LogP) is 6.79. The number of carbonyl (C=O) groups is 2. The Balaban J connectivity index is 0.991. The lowest BCUT2D eigenvalue weighted by molar-refractivity contribution is -0.125. The number of aromatic nitrogens is 1. The Morgan fingerprint density at radius 1 is 1.03 bits per heavy atom. The second kappa shape index (κ2) is 9.72. The van der Waals surface area contributed by atoms with Gasteiger partial charge in [-0.1, -0.05) is 5.16 Å². The second-order valence-electron chi connectivity index (χ2n) is 13.0. The molecule has 208 valence electrons. The van der Waals surface area contributed by atoms with Crippen molar-refractivity contribution in [1.82, 2.24) is 5.16 Å². The number of nitrogens with one attached hydrogen (secondary N) is 1. The van der Waals surface area contributed by atoms with Crippen molar-refractivity contribution in [3.05, 3.63) is 46.6 Å². The normalized spacial score (nSPS) is 29.5. The number of aromatic carboxylic acids is 1. The summed E-state index contributed by atoms with van der Waals surface area (Å²) < 4.78 is 26.9. The minimum atomic E-state index is -1.20. The van der Waals surface area contributed by atoms with Gasteiger partial charge in [0.25, 0.3) is 0 Å². The molecule has 7 rings (SSSR count). The Labute approximate surface area is 227 Å². The van der Waals surface area contributed by atoms with E-state index in [4.69, 9.17) is 14.4 Å². The van der Waals surface area contributed by atoms with E-state index in [1.54, 1.807) is 0 Å². The molecular weight excluding hydrogens is 499 g/mol. The fourth-order valence-corrected chi connectivity index (χ4v) is 7.85. The fourth-order valence-electron chi connectivity index (χ4n) is 7.85. The number of anilines is 1. The summed E-state index contributed by atoms with van der Waals surface area (Å²) >= 11 is 0. The van der Waals surface area contributed by atoms with E-state index in [0.717, 1.165) is 43.2 Å². The zero-order valence-electron chi connectivity index (χ0n) is 22.3.